The van der Waals surface area contributed by atoms with E-state index in [1.807, 2.05) is 0 Å². The number of benzene rings is 2. The zero-order valence-electron chi connectivity index (χ0n) is 33.4. The highest BCUT2D eigenvalue weighted by Crippen LogP contribution is 2.35. The van der Waals surface area contributed by atoms with Gasteiger partial charge in [0.15, 0.2) is 12.6 Å². The van der Waals surface area contributed by atoms with Crippen LogP contribution >= 0.6 is 0 Å². The fourth-order valence-electron chi connectivity index (χ4n) is 7.70. The highest BCUT2D eigenvalue weighted by Gasteiger charge is 2.53. The van der Waals surface area contributed by atoms with Crippen LogP contribution in [0.4, 0.5) is 0 Å². The van der Waals surface area contributed by atoms with Gasteiger partial charge in [-0.15, -0.1) is 0 Å². The molecule has 20 atom stereocenters. The van der Waals surface area contributed by atoms with Crippen molar-refractivity contribution in [2.75, 3.05) is 26.4 Å². The van der Waals surface area contributed by atoms with E-state index in [9.17, 15) is 81.7 Å². The van der Waals surface area contributed by atoms with Gasteiger partial charge in [-0.2, -0.15) is 0 Å². The molecular formula is C39H56O24. The van der Waals surface area contributed by atoms with Gasteiger partial charge >= 0.3 is 0 Å². The van der Waals surface area contributed by atoms with E-state index in [1.165, 1.54) is 36.4 Å². The van der Waals surface area contributed by atoms with E-state index in [2.05, 4.69) is 0 Å². The summed E-state index contributed by atoms with van der Waals surface area (Å²) >= 11 is 0. The van der Waals surface area contributed by atoms with Crippen LogP contribution in [0.5, 0.6) is 23.0 Å². The summed E-state index contributed by atoms with van der Waals surface area (Å²) in [7, 11) is 0. The van der Waals surface area contributed by atoms with Gasteiger partial charge in [-0.25, -0.2) is 0 Å². The first-order valence-corrected chi connectivity index (χ1v) is 20.2. The van der Waals surface area contributed by atoms with Crippen LogP contribution in [0.2, 0.25) is 0 Å². The largest absolute Gasteiger partial charge is 0.508 e. The topological polar surface area (TPSA) is 398 Å². The van der Waals surface area contributed by atoms with Gasteiger partial charge in [0.25, 0.3) is 0 Å². The van der Waals surface area contributed by atoms with E-state index in [0.29, 0.717) is 30.4 Å². The molecule has 4 heterocycles. The van der Waals surface area contributed by atoms with Crippen molar-refractivity contribution < 1.29 is 120 Å². The number of hydrogen-bond acceptors (Lipinski definition) is 24. The zero-order chi connectivity index (χ0) is 45.9. The summed E-state index contributed by atoms with van der Waals surface area (Å²) in [5.41, 5.74) is 0.949. The predicted octanol–water partition coefficient (Wildman–Crippen LogP) is -6.72. The minimum atomic E-state index is -1.83. The van der Waals surface area contributed by atoms with E-state index in [-0.39, 0.29) is 23.0 Å². The van der Waals surface area contributed by atoms with E-state index in [4.69, 9.17) is 37.9 Å². The highest BCUT2D eigenvalue weighted by atomic mass is 16.8. The SMILES string of the molecule is OC[C@H]1OC(O[C@H]2[C@H](O)[C@@H](O)C(Oc3ccc(CCCc4ccc(OC5O[C@H](CO)[C@@H](OC6O[C@H](CO)[C@@H](O)[C@H](O)[C@H]6O)[C@H](O)[C@H]5O)cc4O)c(O)c3)O[C@@H]2CO)[C@H](O)[C@@H](O)[C@@H]1O. The molecule has 4 aliphatic heterocycles. The van der Waals surface area contributed by atoms with Crippen LogP contribution in [0.25, 0.3) is 0 Å². The summed E-state index contributed by atoms with van der Waals surface area (Å²) < 4.78 is 44.3. The highest BCUT2D eigenvalue weighted by molar-refractivity contribution is 5.41. The summed E-state index contributed by atoms with van der Waals surface area (Å²) in [6.07, 6.45) is -31.8. The van der Waals surface area contributed by atoms with Crippen LogP contribution in [0, 0.1) is 0 Å². The molecule has 0 saturated carbocycles. The molecule has 0 amide bonds. The van der Waals surface area contributed by atoms with Crippen molar-refractivity contribution in [2.45, 2.75) is 142 Å². The summed E-state index contributed by atoms with van der Waals surface area (Å²) in [4.78, 5) is 0. The normalized spacial score (nSPS) is 41.0. The fourth-order valence-corrected chi connectivity index (χ4v) is 7.70. The van der Waals surface area contributed by atoms with Gasteiger partial charge in [0.1, 0.15) is 121 Å². The number of ether oxygens (including phenoxy) is 8. The maximum Gasteiger partial charge on any atom is 0.229 e. The molecule has 2 aromatic carbocycles. The molecule has 63 heavy (non-hydrogen) atoms. The molecule has 0 aliphatic carbocycles. The lowest BCUT2D eigenvalue weighted by Crippen LogP contribution is -2.65. The molecule has 6 rings (SSSR count). The second-order valence-electron chi connectivity index (χ2n) is 15.7. The number of aliphatic hydroxyl groups is 14. The van der Waals surface area contributed by atoms with Gasteiger partial charge in [-0.1, -0.05) is 12.1 Å². The van der Waals surface area contributed by atoms with Crippen molar-refractivity contribution >= 4 is 0 Å². The Hall–Kier alpha value is -3.16. The summed E-state index contributed by atoms with van der Waals surface area (Å²) in [6.45, 7) is -3.03. The first kappa shape index (κ1) is 49.3. The third-order valence-corrected chi connectivity index (χ3v) is 11.4. The average Bonchev–Trinajstić information content (AvgIpc) is 3.27. The standard InChI is InChI=1S/C39H56O24/c40-10-20-24(46)26(48)30(52)38(58-20)62-34-22(12-42)60-36(32(54)28(34)50)56-16-6-4-14(18(44)8-16)2-1-3-15-5-7-17(9-19(15)45)57-37-33(55)29(51)35(23(13-43)61-37)63-39-31(53)27(49)25(47)21(11-41)59-39/h4-9,20-55H,1-3,10-13H2/t20-,21-,22-,23-,24-,25-,26+,27+,28-,29-,30-,31-,32-,33-,34-,35-,36?,37?,38?,39?/m1/s1. The van der Waals surface area contributed by atoms with Crippen molar-refractivity contribution in [1.82, 2.24) is 0 Å². The Labute approximate surface area is 358 Å². The maximum absolute atomic E-state index is 10.9. The number of aryl methyl sites for hydroxylation is 2. The molecule has 24 nitrogen and oxygen atoms in total. The second-order valence-corrected chi connectivity index (χ2v) is 15.7. The number of phenols is 2. The molecule has 0 bridgehead atoms. The van der Waals surface area contributed by atoms with Gasteiger partial charge in [0.2, 0.25) is 12.6 Å². The first-order chi connectivity index (χ1) is 30.0. The van der Waals surface area contributed by atoms with E-state index < -0.39 is 149 Å². The molecule has 0 aromatic heterocycles. The molecular weight excluding hydrogens is 852 g/mol. The molecule has 356 valence electrons. The van der Waals surface area contributed by atoms with Crippen LogP contribution in [0.15, 0.2) is 36.4 Å². The van der Waals surface area contributed by atoms with E-state index >= 15 is 0 Å². The third-order valence-electron chi connectivity index (χ3n) is 11.4. The molecule has 0 radical (unpaired) electrons. The van der Waals surface area contributed by atoms with Gasteiger partial charge in [-0.3, -0.25) is 0 Å². The third kappa shape index (κ3) is 10.8. The summed E-state index contributed by atoms with van der Waals surface area (Å²) in [5.74, 6) is -0.395. The van der Waals surface area contributed by atoms with Crippen LogP contribution < -0.4 is 9.47 Å². The van der Waals surface area contributed by atoms with Crippen molar-refractivity contribution in [3.63, 3.8) is 0 Å². The lowest BCUT2D eigenvalue weighted by Gasteiger charge is -2.45. The molecule has 2 aromatic rings. The van der Waals surface area contributed by atoms with Crippen molar-refractivity contribution in [3.8, 4) is 23.0 Å². The van der Waals surface area contributed by atoms with Gasteiger partial charge in [0, 0.05) is 12.1 Å². The van der Waals surface area contributed by atoms with Crippen molar-refractivity contribution in [2.24, 2.45) is 0 Å². The maximum atomic E-state index is 10.9. The fraction of sp³-hybridized carbons (Fsp3) is 0.692. The van der Waals surface area contributed by atoms with Gasteiger partial charge < -0.3 is 120 Å². The van der Waals surface area contributed by atoms with Crippen molar-refractivity contribution in [1.29, 1.82) is 0 Å². The number of hydrogen-bond donors (Lipinski definition) is 16. The van der Waals surface area contributed by atoms with Crippen LogP contribution in [0.1, 0.15) is 17.5 Å². The Morgan fingerprint density at radius 2 is 0.730 bits per heavy atom. The second kappa shape index (κ2) is 21.4. The minimum absolute atomic E-state index is 0.00691. The zero-order valence-corrected chi connectivity index (χ0v) is 33.4. The molecule has 0 spiro atoms. The average molecular weight is 909 g/mol. The molecule has 4 fully saturated rings. The number of rotatable bonds is 16. The first-order valence-electron chi connectivity index (χ1n) is 20.2. The smallest absolute Gasteiger partial charge is 0.229 e. The Bertz CT molecular complexity index is 1630. The Kier molecular flexibility index (Phi) is 16.8. The Morgan fingerprint density at radius 1 is 0.397 bits per heavy atom. The molecule has 24 heteroatoms. The van der Waals surface area contributed by atoms with Crippen LogP contribution in [0.3, 0.4) is 0 Å². The number of phenolic OH excluding ortho intramolecular Hbond substituents is 2. The molecule has 4 aliphatic rings. The van der Waals surface area contributed by atoms with Crippen LogP contribution in [-0.4, -0.2) is 231 Å². The van der Waals surface area contributed by atoms with Crippen LogP contribution in [-0.2, 0) is 41.3 Å². The molecule has 4 saturated heterocycles. The quantitative estimate of drug-likeness (QED) is 0.0744. The number of aromatic hydroxyl groups is 2. The molecule has 16 N–H and O–H groups in total. The lowest BCUT2D eigenvalue weighted by molar-refractivity contribution is -0.352. The van der Waals surface area contributed by atoms with Gasteiger partial charge in [0.05, 0.1) is 26.4 Å². The van der Waals surface area contributed by atoms with Gasteiger partial charge in [-0.05, 0) is 42.5 Å². The number of aliphatic hydroxyl groups excluding tert-OH is 14. The Balaban J connectivity index is 0.992. The Morgan fingerprint density at radius 3 is 1.06 bits per heavy atom. The lowest BCUT2D eigenvalue weighted by atomic mass is 9.97. The minimum Gasteiger partial charge on any atom is -0.508 e. The van der Waals surface area contributed by atoms with Crippen molar-refractivity contribution in [3.05, 3.63) is 47.5 Å². The monoisotopic (exact) mass is 908 g/mol. The molecule has 4 unspecified atom stereocenters. The summed E-state index contributed by atoms with van der Waals surface area (Å²) in [6, 6.07) is 8.44. The van der Waals surface area contributed by atoms with E-state index in [1.54, 1.807) is 0 Å². The van der Waals surface area contributed by atoms with E-state index in [0.717, 1.165) is 0 Å². The predicted molar refractivity (Wildman–Crippen MR) is 202 cm³/mol. The summed E-state index contributed by atoms with van der Waals surface area (Å²) in [5, 5.41) is 165.